The van der Waals surface area contributed by atoms with E-state index in [0.717, 1.165) is 70.1 Å². The van der Waals surface area contributed by atoms with E-state index in [9.17, 15) is 4.79 Å². The summed E-state index contributed by atoms with van der Waals surface area (Å²) in [6.07, 6.45) is 1.59. The van der Waals surface area contributed by atoms with Crippen molar-refractivity contribution in [2.75, 3.05) is 52.5 Å². The van der Waals surface area contributed by atoms with Gasteiger partial charge in [-0.1, -0.05) is 18.2 Å². The largest absolute Gasteiger partial charge is 0.493 e. The molecule has 1 atom stereocenters. The van der Waals surface area contributed by atoms with Crippen LogP contribution in [-0.4, -0.2) is 68.3 Å². The molecular formula is C19H28N2O3. The number of amides is 1. The van der Waals surface area contributed by atoms with Crippen LogP contribution in [0.2, 0.25) is 0 Å². The fourth-order valence-electron chi connectivity index (χ4n) is 3.49. The van der Waals surface area contributed by atoms with Gasteiger partial charge in [0.05, 0.1) is 13.2 Å². The molecule has 0 radical (unpaired) electrons. The van der Waals surface area contributed by atoms with Crippen molar-refractivity contribution in [2.45, 2.75) is 19.8 Å². The van der Waals surface area contributed by atoms with Crippen molar-refractivity contribution in [3.05, 3.63) is 29.8 Å². The second-order valence-electron chi connectivity index (χ2n) is 6.51. The fourth-order valence-corrected chi connectivity index (χ4v) is 3.49. The van der Waals surface area contributed by atoms with E-state index in [0.29, 0.717) is 12.5 Å². The number of rotatable bonds is 5. The molecule has 1 fully saturated rings. The Morgan fingerprint density at radius 3 is 2.83 bits per heavy atom. The van der Waals surface area contributed by atoms with E-state index in [1.54, 1.807) is 0 Å². The quantitative estimate of drug-likeness (QED) is 0.771. The van der Waals surface area contributed by atoms with Crippen molar-refractivity contribution >= 4 is 5.91 Å². The number of fused-ring (bicyclic) bond motifs is 1. The SMILES string of the molecule is CCOCCN1CCN(C(=O)[C@@H]2CCOc3ccccc3C2)CC1. The molecule has 5 heteroatoms. The monoisotopic (exact) mass is 332 g/mol. The Morgan fingerprint density at radius 1 is 1.25 bits per heavy atom. The third-order valence-corrected chi connectivity index (χ3v) is 4.95. The molecule has 0 aliphatic carbocycles. The second kappa shape index (κ2) is 8.49. The number of para-hydroxylation sites is 1. The van der Waals surface area contributed by atoms with Crippen LogP contribution in [-0.2, 0) is 16.0 Å². The lowest BCUT2D eigenvalue weighted by atomic mass is 9.95. The number of carbonyl (C=O) groups is 1. The normalized spacial score (nSPS) is 21.7. The summed E-state index contributed by atoms with van der Waals surface area (Å²) in [4.78, 5) is 17.3. The zero-order valence-electron chi connectivity index (χ0n) is 14.6. The summed E-state index contributed by atoms with van der Waals surface area (Å²) in [6.45, 7) is 8.68. The first kappa shape index (κ1) is 17.2. The van der Waals surface area contributed by atoms with Gasteiger partial charge in [-0.2, -0.15) is 0 Å². The van der Waals surface area contributed by atoms with Gasteiger partial charge < -0.3 is 14.4 Å². The fraction of sp³-hybridized carbons (Fsp3) is 0.632. The van der Waals surface area contributed by atoms with Crippen LogP contribution < -0.4 is 4.74 Å². The molecule has 1 aromatic rings. The molecule has 3 rings (SSSR count). The predicted octanol–water partition coefficient (Wildman–Crippen LogP) is 1.81. The van der Waals surface area contributed by atoms with Crippen molar-refractivity contribution in [1.82, 2.24) is 9.80 Å². The zero-order chi connectivity index (χ0) is 16.8. The van der Waals surface area contributed by atoms with Gasteiger partial charge in [0, 0.05) is 45.2 Å². The van der Waals surface area contributed by atoms with Crippen LogP contribution in [0.5, 0.6) is 5.75 Å². The van der Waals surface area contributed by atoms with Gasteiger partial charge in [0.25, 0.3) is 0 Å². The Bertz CT molecular complexity index is 541. The Labute approximate surface area is 144 Å². The number of piperazine rings is 1. The number of benzene rings is 1. The van der Waals surface area contributed by atoms with Gasteiger partial charge >= 0.3 is 0 Å². The highest BCUT2D eigenvalue weighted by molar-refractivity contribution is 5.79. The van der Waals surface area contributed by atoms with E-state index in [4.69, 9.17) is 9.47 Å². The molecule has 0 spiro atoms. The van der Waals surface area contributed by atoms with E-state index in [1.807, 2.05) is 30.0 Å². The van der Waals surface area contributed by atoms with Gasteiger partial charge in [-0.05, 0) is 31.4 Å². The Kier molecular flexibility index (Phi) is 6.10. The van der Waals surface area contributed by atoms with Gasteiger partial charge in [0.15, 0.2) is 0 Å². The second-order valence-corrected chi connectivity index (χ2v) is 6.51. The smallest absolute Gasteiger partial charge is 0.226 e. The molecule has 0 saturated carbocycles. The van der Waals surface area contributed by atoms with Crippen LogP contribution >= 0.6 is 0 Å². The number of carbonyl (C=O) groups excluding carboxylic acids is 1. The molecule has 0 bridgehead atoms. The van der Waals surface area contributed by atoms with Crippen molar-refractivity contribution in [3.8, 4) is 5.75 Å². The van der Waals surface area contributed by atoms with Gasteiger partial charge in [-0.3, -0.25) is 9.69 Å². The topological polar surface area (TPSA) is 42.0 Å². The summed E-state index contributed by atoms with van der Waals surface area (Å²) in [7, 11) is 0. The average Bonchev–Trinajstić information content (AvgIpc) is 2.84. The van der Waals surface area contributed by atoms with Crippen LogP contribution in [0.15, 0.2) is 24.3 Å². The molecule has 5 nitrogen and oxygen atoms in total. The van der Waals surface area contributed by atoms with Crippen LogP contribution in [0.4, 0.5) is 0 Å². The van der Waals surface area contributed by atoms with Crippen LogP contribution in [0, 0.1) is 5.92 Å². The lowest BCUT2D eigenvalue weighted by Crippen LogP contribution is -2.51. The van der Waals surface area contributed by atoms with E-state index in [-0.39, 0.29) is 5.92 Å². The maximum Gasteiger partial charge on any atom is 0.226 e. The highest BCUT2D eigenvalue weighted by Gasteiger charge is 2.29. The number of nitrogens with zero attached hydrogens (tertiary/aromatic N) is 2. The Morgan fingerprint density at radius 2 is 2.04 bits per heavy atom. The molecule has 0 unspecified atom stereocenters. The highest BCUT2D eigenvalue weighted by atomic mass is 16.5. The van der Waals surface area contributed by atoms with E-state index < -0.39 is 0 Å². The standard InChI is InChI=1S/C19H28N2O3/c1-2-23-14-12-20-8-10-21(11-9-20)19(22)17-7-13-24-18-6-4-3-5-16(18)15-17/h3-6,17H,2,7-15H2,1H3/t17-/m1/s1. The first-order valence-electron chi connectivity index (χ1n) is 9.07. The summed E-state index contributed by atoms with van der Waals surface area (Å²) in [5.41, 5.74) is 1.16. The van der Waals surface area contributed by atoms with Crippen LogP contribution in [0.3, 0.4) is 0 Å². The van der Waals surface area contributed by atoms with E-state index in [1.165, 1.54) is 0 Å². The third-order valence-electron chi connectivity index (χ3n) is 4.95. The minimum absolute atomic E-state index is 0.0450. The average molecular weight is 332 g/mol. The van der Waals surface area contributed by atoms with Crippen molar-refractivity contribution in [2.24, 2.45) is 5.92 Å². The molecule has 1 saturated heterocycles. The van der Waals surface area contributed by atoms with Crippen LogP contribution in [0.1, 0.15) is 18.9 Å². The summed E-state index contributed by atoms with van der Waals surface area (Å²) >= 11 is 0. The van der Waals surface area contributed by atoms with Gasteiger partial charge in [0.2, 0.25) is 5.91 Å². The molecule has 1 amide bonds. The molecule has 132 valence electrons. The number of hydrogen-bond donors (Lipinski definition) is 0. The molecule has 0 N–H and O–H groups in total. The number of ether oxygens (including phenoxy) is 2. The summed E-state index contributed by atoms with van der Waals surface area (Å²) < 4.78 is 11.2. The minimum atomic E-state index is 0.0450. The first-order valence-corrected chi connectivity index (χ1v) is 9.07. The molecule has 2 aliphatic rings. The lowest BCUT2D eigenvalue weighted by molar-refractivity contribution is -0.137. The van der Waals surface area contributed by atoms with E-state index >= 15 is 0 Å². The Balaban J connectivity index is 1.52. The Hall–Kier alpha value is -1.59. The lowest BCUT2D eigenvalue weighted by Gasteiger charge is -2.36. The van der Waals surface area contributed by atoms with Crippen molar-refractivity contribution in [1.29, 1.82) is 0 Å². The van der Waals surface area contributed by atoms with Gasteiger partial charge in [0.1, 0.15) is 5.75 Å². The minimum Gasteiger partial charge on any atom is -0.493 e. The van der Waals surface area contributed by atoms with Gasteiger partial charge in [-0.25, -0.2) is 0 Å². The molecule has 24 heavy (non-hydrogen) atoms. The maximum absolute atomic E-state index is 12.9. The first-order chi connectivity index (χ1) is 11.8. The van der Waals surface area contributed by atoms with Gasteiger partial charge in [-0.15, -0.1) is 0 Å². The van der Waals surface area contributed by atoms with Crippen LogP contribution in [0.25, 0.3) is 0 Å². The summed E-state index contributed by atoms with van der Waals surface area (Å²) in [6, 6.07) is 8.08. The summed E-state index contributed by atoms with van der Waals surface area (Å²) in [5, 5.41) is 0. The summed E-state index contributed by atoms with van der Waals surface area (Å²) in [5.74, 6) is 1.27. The predicted molar refractivity (Wildman–Crippen MR) is 93.3 cm³/mol. The molecule has 1 aromatic carbocycles. The van der Waals surface area contributed by atoms with E-state index in [2.05, 4.69) is 11.0 Å². The highest BCUT2D eigenvalue weighted by Crippen LogP contribution is 2.27. The molecule has 2 heterocycles. The van der Waals surface area contributed by atoms with Crippen molar-refractivity contribution < 1.29 is 14.3 Å². The molecule has 0 aromatic heterocycles. The number of hydrogen-bond acceptors (Lipinski definition) is 4. The maximum atomic E-state index is 12.9. The zero-order valence-corrected chi connectivity index (χ0v) is 14.6. The molecular weight excluding hydrogens is 304 g/mol. The molecule has 2 aliphatic heterocycles. The van der Waals surface area contributed by atoms with Crippen molar-refractivity contribution in [3.63, 3.8) is 0 Å². The third kappa shape index (κ3) is 4.28.